The number of rotatable bonds is 4. The lowest BCUT2D eigenvalue weighted by Crippen LogP contribution is -2.16. The smallest absolute Gasteiger partial charge is 0.262 e. The summed E-state index contributed by atoms with van der Waals surface area (Å²) in [5.41, 5.74) is 1.80. The molecule has 0 aliphatic carbocycles. The molecule has 0 radical (unpaired) electrons. The van der Waals surface area contributed by atoms with Crippen LogP contribution in [0.4, 0.5) is 20.3 Å². The number of nitrogen functional groups attached to an aromatic ring is 1. The largest absolute Gasteiger partial charge is 0.308 e. The van der Waals surface area contributed by atoms with Gasteiger partial charge in [0.15, 0.2) is 0 Å². The molecule has 0 aliphatic rings. The lowest BCUT2D eigenvalue weighted by molar-refractivity contribution is 0.590. The molecule has 0 amide bonds. The van der Waals surface area contributed by atoms with Crippen molar-refractivity contribution in [1.29, 1.82) is 0 Å². The van der Waals surface area contributed by atoms with Crippen LogP contribution in [0.25, 0.3) is 0 Å². The third-order valence-corrected chi connectivity index (χ3v) is 4.05. The van der Waals surface area contributed by atoms with E-state index in [2.05, 4.69) is 10.4 Å². The van der Waals surface area contributed by atoms with E-state index in [1.54, 1.807) is 0 Å². The Hall–Kier alpha value is -2.26. The van der Waals surface area contributed by atoms with E-state index in [0.29, 0.717) is 0 Å². The molecule has 2 aromatic rings. The van der Waals surface area contributed by atoms with Gasteiger partial charge in [-0.15, -0.1) is 0 Å². The number of nitrogens with one attached hydrogen (secondary N) is 2. The predicted molar refractivity (Wildman–Crippen MR) is 74.0 cm³/mol. The molecule has 0 spiro atoms. The van der Waals surface area contributed by atoms with Gasteiger partial charge in [-0.25, -0.2) is 28.0 Å². The van der Waals surface area contributed by atoms with Gasteiger partial charge in [0.1, 0.15) is 17.5 Å². The third kappa shape index (κ3) is 3.26. The lowest BCUT2D eigenvalue weighted by atomic mass is 10.2. The molecule has 0 unspecified atom stereocenters. The van der Waals surface area contributed by atoms with Crippen LogP contribution in [0.3, 0.4) is 0 Å². The number of pyridine rings is 1. The van der Waals surface area contributed by atoms with Crippen LogP contribution in [-0.4, -0.2) is 13.4 Å². The zero-order valence-electron chi connectivity index (χ0n) is 10.9. The third-order valence-electron chi connectivity index (χ3n) is 2.68. The average Bonchev–Trinajstić information content (AvgIpc) is 2.44. The highest BCUT2D eigenvalue weighted by molar-refractivity contribution is 7.92. The summed E-state index contributed by atoms with van der Waals surface area (Å²) >= 11 is 0. The van der Waals surface area contributed by atoms with E-state index in [9.17, 15) is 17.2 Å². The molecule has 6 nitrogen and oxygen atoms in total. The summed E-state index contributed by atoms with van der Waals surface area (Å²) in [5, 5.41) is 0. The van der Waals surface area contributed by atoms with Gasteiger partial charge in [-0.05, 0) is 24.6 Å². The van der Waals surface area contributed by atoms with Crippen molar-refractivity contribution in [2.24, 2.45) is 5.84 Å². The first-order valence-corrected chi connectivity index (χ1v) is 7.23. The summed E-state index contributed by atoms with van der Waals surface area (Å²) in [4.78, 5) is 3.57. The van der Waals surface area contributed by atoms with Gasteiger partial charge in [-0.3, -0.25) is 4.72 Å². The second-order valence-electron chi connectivity index (χ2n) is 4.21. The van der Waals surface area contributed by atoms with Crippen LogP contribution in [-0.2, 0) is 10.0 Å². The Kier molecular flexibility index (Phi) is 4.05. The first-order valence-electron chi connectivity index (χ1n) is 5.74. The number of aryl methyl sites for hydroxylation is 1. The molecule has 0 fully saturated rings. The van der Waals surface area contributed by atoms with Crippen molar-refractivity contribution < 1.29 is 17.2 Å². The van der Waals surface area contributed by atoms with E-state index in [4.69, 9.17) is 5.84 Å². The average molecular weight is 314 g/mol. The van der Waals surface area contributed by atoms with Gasteiger partial charge in [-0.1, -0.05) is 0 Å². The number of nitrogens with zero attached hydrogens (tertiary/aromatic N) is 1. The predicted octanol–water partition coefficient (Wildman–Crippen LogP) is 1.75. The number of sulfonamides is 1. The maximum absolute atomic E-state index is 13.7. The minimum Gasteiger partial charge on any atom is -0.308 e. The molecule has 2 rings (SSSR count). The molecule has 1 aromatic carbocycles. The normalized spacial score (nSPS) is 11.2. The fourth-order valence-corrected chi connectivity index (χ4v) is 2.66. The molecule has 0 saturated heterocycles. The van der Waals surface area contributed by atoms with Crippen LogP contribution in [0.15, 0.2) is 35.4 Å². The van der Waals surface area contributed by atoms with Crippen LogP contribution in [0.1, 0.15) is 5.56 Å². The van der Waals surface area contributed by atoms with Crippen molar-refractivity contribution >= 4 is 21.5 Å². The molecule has 1 aromatic heterocycles. The van der Waals surface area contributed by atoms with Crippen LogP contribution in [0.2, 0.25) is 0 Å². The molecule has 0 aliphatic heterocycles. The van der Waals surface area contributed by atoms with E-state index < -0.39 is 27.3 Å². The van der Waals surface area contributed by atoms with E-state index in [1.165, 1.54) is 19.2 Å². The summed E-state index contributed by atoms with van der Waals surface area (Å²) < 4.78 is 53.3. The van der Waals surface area contributed by atoms with Gasteiger partial charge in [0, 0.05) is 18.3 Å². The van der Waals surface area contributed by atoms with Gasteiger partial charge in [0.05, 0.1) is 10.6 Å². The van der Waals surface area contributed by atoms with Crippen LogP contribution in [0, 0.1) is 18.6 Å². The second-order valence-corrected chi connectivity index (χ2v) is 5.89. The van der Waals surface area contributed by atoms with Crippen molar-refractivity contribution in [3.05, 3.63) is 47.7 Å². The summed E-state index contributed by atoms with van der Waals surface area (Å²) in [6, 6.07) is 4.05. The zero-order valence-corrected chi connectivity index (χ0v) is 11.7. The van der Waals surface area contributed by atoms with E-state index in [0.717, 1.165) is 18.2 Å². The number of hydrazine groups is 1. The lowest BCUT2D eigenvalue weighted by Gasteiger charge is -2.10. The Bertz CT molecular complexity index is 781. The quantitative estimate of drug-likeness (QED) is 0.590. The Morgan fingerprint density at radius 1 is 1.19 bits per heavy atom. The molecule has 1 heterocycles. The van der Waals surface area contributed by atoms with Gasteiger partial charge >= 0.3 is 0 Å². The fourth-order valence-electron chi connectivity index (χ4n) is 1.59. The fraction of sp³-hybridized carbons (Fsp3) is 0.0833. The Balaban J connectivity index is 2.39. The molecule has 9 heteroatoms. The molecule has 0 atom stereocenters. The van der Waals surface area contributed by atoms with Gasteiger partial charge in [0.2, 0.25) is 0 Å². The highest BCUT2D eigenvalue weighted by Gasteiger charge is 2.18. The van der Waals surface area contributed by atoms with E-state index >= 15 is 0 Å². The maximum Gasteiger partial charge on any atom is 0.262 e. The number of aromatic nitrogens is 1. The highest BCUT2D eigenvalue weighted by atomic mass is 32.2. The number of anilines is 2. The summed E-state index contributed by atoms with van der Waals surface area (Å²) in [5.74, 6) is 3.67. The first-order chi connectivity index (χ1) is 9.83. The molecule has 21 heavy (non-hydrogen) atoms. The Morgan fingerprint density at radius 3 is 2.57 bits per heavy atom. The molecule has 0 saturated carbocycles. The number of benzene rings is 1. The molecular weight excluding hydrogens is 302 g/mol. The second kappa shape index (κ2) is 5.62. The first kappa shape index (κ1) is 15.1. The number of hydrogen-bond acceptors (Lipinski definition) is 5. The molecule has 4 N–H and O–H groups in total. The van der Waals surface area contributed by atoms with Crippen molar-refractivity contribution in [2.75, 3.05) is 10.1 Å². The van der Waals surface area contributed by atoms with E-state index in [-0.39, 0.29) is 16.3 Å². The van der Waals surface area contributed by atoms with Gasteiger partial charge in [0.25, 0.3) is 10.0 Å². The number of hydrogen-bond donors (Lipinski definition) is 3. The SMILES string of the molecule is Cc1cc(F)c(NS(=O)(=O)c2ccnc(NN)c2)cc1F. The minimum absolute atomic E-state index is 0.0778. The summed E-state index contributed by atoms with van der Waals surface area (Å²) in [6.45, 7) is 1.37. The van der Waals surface area contributed by atoms with Crippen LogP contribution < -0.4 is 16.0 Å². The van der Waals surface area contributed by atoms with Crippen molar-refractivity contribution in [2.45, 2.75) is 11.8 Å². The van der Waals surface area contributed by atoms with Crippen LogP contribution in [0.5, 0.6) is 0 Å². The summed E-state index contributed by atoms with van der Waals surface area (Å²) in [7, 11) is -4.09. The Labute approximate surface area is 120 Å². The number of halogens is 2. The maximum atomic E-state index is 13.7. The Morgan fingerprint density at radius 2 is 1.90 bits per heavy atom. The van der Waals surface area contributed by atoms with Crippen molar-refractivity contribution in [3.8, 4) is 0 Å². The van der Waals surface area contributed by atoms with E-state index in [1.807, 2.05) is 4.72 Å². The van der Waals surface area contributed by atoms with Crippen molar-refractivity contribution in [3.63, 3.8) is 0 Å². The molecular formula is C12H12F2N4O2S. The topological polar surface area (TPSA) is 97.1 Å². The highest BCUT2D eigenvalue weighted by Crippen LogP contribution is 2.22. The minimum atomic E-state index is -4.09. The zero-order chi connectivity index (χ0) is 15.6. The standard InChI is InChI=1S/C12H12F2N4O2S/c1-7-4-10(14)11(6-9(7)13)18-21(19,20)8-2-3-16-12(5-8)17-15/h2-6,18H,15H2,1H3,(H,16,17). The van der Waals surface area contributed by atoms with Gasteiger partial charge < -0.3 is 5.43 Å². The summed E-state index contributed by atoms with van der Waals surface area (Å²) in [6.07, 6.45) is 1.22. The van der Waals surface area contributed by atoms with Crippen LogP contribution >= 0.6 is 0 Å². The molecule has 112 valence electrons. The van der Waals surface area contributed by atoms with Crippen molar-refractivity contribution in [1.82, 2.24) is 4.98 Å². The number of nitrogens with two attached hydrogens (primary N) is 1. The molecule has 0 bridgehead atoms. The van der Waals surface area contributed by atoms with Gasteiger partial charge in [-0.2, -0.15) is 0 Å². The monoisotopic (exact) mass is 314 g/mol.